The fraction of sp³-hybridized carbons (Fsp3) is 0.471. The Morgan fingerprint density at radius 2 is 1.91 bits per heavy atom. The van der Waals surface area contributed by atoms with Crippen molar-refractivity contribution < 1.29 is 0 Å². The standard InChI is InChI=1S/C17H25N5/c1-5-9-14-12-15(22(6-2)7-3)20-17(19-14)21-16-13(4)10-8-11-18-16/h8,10-12H,5-7,9H2,1-4H3,(H,18,19,20,21). The first-order valence-corrected chi connectivity index (χ1v) is 7.99. The maximum Gasteiger partial charge on any atom is 0.230 e. The average Bonchev–Trinajstić information content (AvgIpc) is 2.51. The van der Waals surface area contributed by atoms with E-state index in [1.54, 1.807) is 6.20 Å². The summed E-state index contributed by atoms with van der Waals surface area (Å²) in [7, 11) is 0. The molecule has 0 radical (unpaired) electrons. The number of nitrogens with one attached hydrogen (secondary N) is 1. The van der Waals surface area contributed by atoms with E-state index in [0.29, 0.717) is 5.95 Å². The summed E-state index contributed by atoms with van der Waals surface area (Å²) in [5.41, 5.74) is 2.15. The van der Waals surface area contributed by atoms with Crippen LogP contribution in [0.3, 0.4) is 0 Å². The van der Waals surface area contributed by atoms with Crippen molar-refractivity contribution in [1.82, 2.24) is 15.0 Å². The Hall–Kier alpha value is -2.17. The molecule has 0 aliphatic carbocycles. The van der Waals surface area contributed by atoms with Crippen LogP contribution >= 0.6 is 0 Å². The second-order valence-corrected chi connectivity index (χ2v) is 5.26. The molecule has 2 rings (SSSR count). The van der Waals surface area contributed by atoms with E-state index in [0.717, 1.165) is 48.8 Å². The summed E-state index contributed by atoms with van der Waals surface area (Å²) >= 11 is 0. The predicted octanol–water partition coefficient (Wildman–Crippen LogP) is 3.72. The van der Waals surface area contributed by atoms with Crippen LogP contribution in [0.5, 0.6) is 0 Å². The molecule has 118 valence electrons. The van der Waals surface area contributed by atoms with Crippen molar-refractivity contribution in [2.24, 2.45) is 0 Å². The topological polar surface area (TPSA) is 53.9 Å². The van der Waals surface area contributed by atoms with Gasteiger partial charge in [0.2, 0.25) is 5.95 Å². The molecule has 22 heavy (non-hydrogen) atoms. The lowest BCUT2D eigenvalue weighted by Gasteiger charge is -2.21. The zero-order chi connectivity index (χ0) is 15.9. The monoisotopic (exact) mass is 299 g/mol. The molecule has 0 amide bonds. The first-order chi connectivity index (χ1) is 10.7. The van der Waals surface area contributed by atoms with E-state index < -0.39 is 0 Å². The van der Waals surface area contributed by atoms with Gasteiger partial charge in [0.05, 0.1) is 0 Å². The highest BCUT2D eigenvalue weighted by Crippen LogP contribution is 2.19. The van der Waals surface area contributed by atoms with Crippen LogP contribution in [-0.2, 0) is 6.42 Å². The Labute approximate surface area is 132 Å². The summed E-state index contributed by atoms with van der Waals surface area (Å²) in [5.74, 6) is 2.40. The largest absolute Gasteiger partial charge is 0.357 e. The van der Waals surface area contributed by atoms with Gasteiger partial charge in [0, 0.05) is 31.0 Å². The minimum Gasteiger partial charge on any atom is -0.357 e. The Kier molecular flexibility index (Phi) is 5.69. The molecule has 1 N–H and O–H groups in total. The van der Waals surface area contributed by atoms with E-state index in [2.05, 4.69) is 52.0 Å². The third kappa shape index (κ3) is 3.93. The molecule has 0 fully saturated rings. The number of hydrogen-bond donors (Lipinski definition) is 1. The van der Waals surface area contributed by atoms with Crippen LogP contribution in [0.2, 0.25) is 0 Å². The maximum absolute atomic E-state index is 4.66. The second-order valence-electron chi connectivity index (χ2n) is 5.26. The number of nitrogens with zero attached hydrogens (tertiary/aromatic N) is 4. The average molecular weight is 299 g/mol. The van der Waals surface area contributed by atoms with Gasteiger partial charge < -0.3 is 10.2 Å². The van der Waals surface area contributed by atoms with Crippen molar-refractivity contribution in [3.05, 3.63) is 35.7 Å². The van der Waals surface area contributed by atoms with E-state index in [4.69, 9.17) is 0 Å². The maximum atomic E-state index is 4.66. The fourth-order valence-electron chi connectivity index (χ4n) is 2.36. The number of anilines is 3. The van der Waals surface area contributed by atoms with Crippen molar-refractivity contribution in [2.45, 2.75) is 40.5 Å². The Morgan fingerprint density at radius 1 is 1.14 bits per heavy atom. The molecule has 2 aromatic rings. The first-order valence-electron chi connectivity index (χ1n) is 7.99. The molecular weight excluding hydrogens is 274 g/mol. The van der Waals surface area contributed by atoms with E-state index in [1.807, 2.05) is 19.1 Å². The van der Waals surface area contributed by atoms with Gasteiger partial charge in [-0.05, 0) is 38.8 Å². The second kappa shape index (κ2) is 7.73. The fourth-order valence-corrected chi connectivity index (χ4v) is 2.36. The minimum atomic E-state index is 0.620. The normalized spacial score (nSPS) is 10.5. The van der Waals surface area contributed by atoms with E-state index in [-0.39, 0.29) is 0 Å². The van der Waals surface area contributed by atoms with Crippen molar-refractivity contribution >= 4 is 17.6 Å². The molecule has 0 bridgehead atoms. The summed E-state index contributed by atoms with van der Waals surface area (Å²) in [6.07, 6.45) is 3.79. The van der Waals surface area contributed by atoms with Gasteiger partial charge in [0.15, 0.2) is 0 Å². The van der Waals surface area contributed by atoms with Gasteiger partial charge in [-0.1, -0.05) is 19.4 Å². The van der Waals surface area contributed by atoms with Crippen LogP contribution in [0, 0.1) is 6.92 Å². The molecule has 0 unspecified atom stereocenters. The quantitative estimate of drug-likeness (QED) is 0.844. The van der Waals surface area contributed by atoms with Crippen LogP contribution in [0.25, 0.3) is 0 Å². The van der Waals surface area contributed by atoms with Gasteiger partial charge in [-0.2, -0.15) is 4.98 Å². The smallest absolute Gasteiger partial charge is 0.230 e. The van der Waals surface area contributed by atoms with E-state index in [1.165, 1.54) is 0 Å². The summed E-state index contributed by atoms with van der Waals surface area (Å²) in [6, 6.07) is 6.04. The first kappa shape index (κ1) is 16.2. The van der Waals surface area contributed by atoms with Gasteiger partial charge >= 0.3 is 0 Å². The molecule has 0 aliphatic rings. The zero-order valence-corrected chi connectivity index (χ0v) is 13.9. The lowest BCUT2D eigenvalue weighted by molar-refractivity contribution is 0.824. The van der Waals surface area contributed by atoms with Gasteiger partial charge in [-0.3, -0.25) is 0 Å². The highest BCUT2D eigenvalue weighted by Gasteiger charge is 2.10. The van der Waals surface area contributed by atoms with E-state index in [9.17, 15) is 0 Å². The van der Waals surface area contributed by atoms with Crippen LogP contribution in [0.4, 0.5) is 17.6 Å². The molecule has 0 aromatic carbocycles. The van der Waals surface area contributed by atoms with Gasteiger partial charge in [0.1, 0.15) is 11.6 Å². The minimum absolute atomic E-state index is 0.620. The van der Waals surface area contributed by atoms with Gasteiger partial charge in [-0.15, -0.1) is 0 Å². The molecule has 2 heterocycles. The van der Waals surface area contributed by atoms with Crippen molar-refractivity contribution in [2.75, 3.05) is 23.3 Å². The SMILES string of the molecule is CCCc1cc(N(CC)CC)nc(Nc2ncccc2C)n1. The molecule has 5 nitrogen and oxygen atoms in total. The summed E-state index contributed by atoms with van der Waals surface area (Å²) < 4.78 is 0. The Morgan fingerprint density at radius 3 is 2.55 bits per heavy atom. The predicted molar refractivity (Wildman–Crippen MR) is 91.8 cm³/mol. The van der Waals surface area contributed by atoms with Crippen molar-refractivity contribution in [3.63, 3.8) is 0 Å². The number of rotatable bonds is 7. The van der Waals surface area contributed by atoms with Crippen LogP contribution in [0.1, 0.15) is 38.4 Å². The molecular formula is C17H25N5. The van der Waals surface area contributed by atoms with Crippen LogP contribution in [-0.4, -0.2) is 28.0 Å². The van der Waals surface area contributed by atoms with E-state index >= 15 is 0 Å². The Balaban J connectivity index is 2.35. The lowest BCUT2D eigenvalue weighted by Crippen LogP contribution is -2.23. The number of aryl methyl sites for hydroxylation is 2. The molecule has 0 spiro atoms. The van der Waals surface area contributed by atoms with Crippen molar-refractivity contribution in [1.29, 1.82) is 0 Å². The number of hydrogen-bond acceptors (Lipinski definition) is 5. The highest BCUT2D eigenvalue weighted by molar-refractivity contribution is 5.55. The summed E-state index contributed by atoms with van der Waals surface area (Å²) in [4.78, 5) is 15.9. The molecule has 0 aliphatic heterocycles. The highest BCUT2D eigenvalue weighted by atomic mass is 15.2. The summed E-state index contributed by atoms with van der Waals surface area (Å²) in [5, 5.41) is 3.25. The Bertz CT molecular complexity index is 608. The van der Waals surface area contributed by atoms with Crippen LogP contribution < -0.4 is 10.2 Å². The number of aromatic nitrogens is 3. The molecule has 0 atom stereocenters. The van der Waals surface area contributed by atoms with Crippen molar-refractivity contribution in [3.8, 4) is 0 Å². The van der Waals surface area contributed by atoms with Gasteiger partial charge in [0.25, 0.3) is 0 Å². The number of pyridine rings is 1. The summed E-state index contributed by atoms with van der Waals surface area (Å²) in [6.45, 7) is 10.3. The molecule has 5 heteroatoms. The molecule has 0 saturated heterocycles. The third-order valence-electron chi connectivity index (χ3n) is 3.60. The zero-order valence-electron chi connectivity index (χ0n) is 13.9. The molecule has 2 aromatic heterocycles. The third-order valence-corrected chi connectivity index (χ3v) is 3.60. The molecule has 0 saturated carbocycles. The van der Waals surface area contributed by atoms with Crippen LogP contribution in [0.15, 0.2) is 24.4 Å². The van der Waals surface area contributed by atoms with Gasteiger partial charge in [-0.25, -0.2) is 9.97 Å². The lowest BCUT2D eigenvalue weighted by atomic mass is 10.2.